The van der Waals surface area contributed by atoms with Gasteiger partial charge in [-0.25, -0.2) is 0 Å². The van der Waals surface area contributed by atoms with Crippen LogP contribution in [-0.4, -0.2) is 36.4 Å². The highest BCUT2D eigenvalue weighted by atomic mass is 16.3. The fraction of sp³-hybridized carbons (Fsp3) is 1.00. The second kappa shape index (κ2) is 8.23. The highest BCUT2D eigenvalue weighted by Gasteiger charge is 2.23. The van der Waals surface area contributed by atoms with Crippen LogP contribution >= 0.6 is 0 Å². The number of hydrogen-bond donors (Lipinski definition) is 3. The van der Waals surface area contributed by atoms with Gasteiger partial charge in [-0.2, -0.15) is 0 Å². The van der Waals surface area contributed by atoms with Crippen LogP contribution in [0.4, 0.5) is 0 Å². The lowest BCUT2D eigenvalue weighted by molar-refractivity contribution is 0.0680. The minimum absolute atomic E-state index is 0.0653. The van der Waals surface area contributed by atoms with Gasteiger partial charge in [-0.05, 0) is 51.5 Å². The molecule has 0 amide bonds. The normalized spacial score (nSPS) is 34.7. The average molecular weight is 268 g/mol. The molecule has 2 rings (SSSR count). The molecule has 1 aliphatic carbocycles. The van der Waals surface area contributed by atoms with Crippen molar-refractivity contribution in [2.24, 2.45) is 5.92 Å². The number of aliphatic hydroxyl groups excluding tert-OH is 1. The van der Waals surface area contributed by atoms with Gasteiger partial charge >= 0.3 is 0 Å². The summed E-state index contributed by atoms with van der Waals surface area (Å²) in [7, 11) is 0. The molecule has 3 heteroatoms. The first-order valence-electron chi connectivity index (χ1n) is 8.40. The second-order valence-electron chi connectivity index (χ2n) is 6.66. The zero-order chi connectivity index (χ0) is 13.5. The van der Waals surface area contributed by atoms with Crippen LogP contribution in [0.25, 0.3) is 0 Å². The van der Waals surface area contributed by atoms with E-state index in [2.05, 4.69) is 17.6 Å². The summed E-state index contributed by atoms with van der Waals surface area (Å²) in [5, 5.41) is 17.3. The van der Waals surface area contributed by atoms with Crippen LogP contribution in [0.1, 0.15) is 64.7 Å². The minimum Gasteiger partial charge on any atom is -0.393 e. The van der Waals surface area contributed by atoms with E-state index in [1.54, 1.807) is 0 Å². The van der Waals surface area contributed by atoms with Crippen molar-refractivity contribution in [2.45, 2.75) is 82.9 Å². The van der Waals surface area contributed by atoms with E-state index in [0.29, 0.717) is 18.0 Å². The largest absolute Gasteiger partial charge is 0.393 e. The average Bonchev–Trinajstić information content (AvgIpc) is 2.66. The second-order valence-corrected chi connectivity index (χ2v) is 6.66. The molecule has 3 nitrogen and oxygen atoms in total. The molecular formula is C16H32N2O. The molecule has 1 saturated carbocycles. The van der Waals surface area contributed by atoms with Crippen molar-refractivity contribution < 1.29 is 5.11 Å². The van der Waals surface area contributed by atoms with Gasteiger partial charge in [0.2, 0.25) is 0 Å². The van der Waals surface area contributed by atoms with Crippen molar-refractivity contribution in [1.82, 2.24) is 10.6 Å². The molecule has 2 fully saturated rings. The van der Waals surface area contributed by atoms with Crippen LogP contribution in [0.3, 0.4) is 0 Å². The first-order valence-corrected chi connectivity index (χ1v) is 8.40. The molecular weight excluding hydrogens is 236 g/mol. The van der Waals surface area contributed by atoms with Gasteiger partial charge in [-0.15, -0.1) is 0 Å². The molecule has 0 aromatic rings. The predicted molar refractivity (Wildman–Crippen MR) is 80.3 cm³/mol. The standard InChI is InChI=1S/C16H32N2O/c1-13(11-15-8-3-2-6-10-17-15)18-12-14-7-4-5-9-16(14)19/h13-19H,2-12H2,1H3. The summed E-state index contributed by atoms with van der Waals surface area (Å²) in [6, 6.07) is 1.26. The molecule has 0 aromatic heterocycles. The third-order valence-corrected chi connectivity index (χ3v) is 4.90. The molecule has 3 N–H and O–H groups in total. The van der Waals surface area contributed by atoms with Crippen LogP contribution in [0.15, 0.2) is 0 Å². The Bertz CT molecular complexity index is 239. The minimum atomic E-state index is -0.0653. The Morgan fingerprint density at radius 1 is 1.11 bits per heavy atom. The number of rotatable bonds is 5. The van der Waals surface area contributed by atoms with Gasteiger partial charge in [-0.1, -0.05) is 25.7 Å². The van der Waals surface area contributed by atoms with Gasteiger partial charge < -0.3 is 15.7 Å². The van der Waals surface area contributed by atoms with Gasteiger partial charge in [-0.3, -0.25) is 0 Å². The first-order chi connectivity index (χ1) is 9.25. The quantitative estimate of drug-likeness (QED) is 0.717. The lowest BCUT2D eigenvalue weighted by Gasteiger charge is -2.30. The van der Waals surface area contributed by atoms with Crippen LogP contribution in [0.5, 0.6) is 0 Å². The Kier molecular flexibility index (Phi) is 6.62. The maximum atomic E-state index is 9.99. The molecule has 1 heterocycles. The van der Waals surface area contributed by atoms with Crippen molar-refractivity contribution in [1.29, 1.82) is 0 Å². The molecule has 1 saturated heterocycles. The summed E-state index contributed by atoms with van der Waals surface area (Å²) in [5.74, 6) is 0.485. The van der Waals surface area contributed by atoms with Crippen molar-refractivity contribution in [2.75, 3.05) is 13.1 Å². The molecule has 1 aliphatic heterocycles. The zero-order valence-electron chi connectivity index (χ0n) is 12.5. The Morgan fingerprint density at radius 3 is 2.74 bits per heavy atom. The molecule has 0 spiro atoms. The highest BCUT2D eigenvalue weighted by molar-refractivity contribution is 4.80. The lowest BCUT2D eigenvalue weighted by Crippen LogP contribution is -2.41. The van der Waals surface area contributed by atoms with Crippen molar-refractivity contribution in [3.8, 4) is 0 Å². The lowest BCUT2D eigenvalue weighted by atomic mass is 9.86. The Morgan fingerprint density at radius 2 is 1.89 bits per heavy atom. The summed E-state index contributed by atoms with van der Waals surface area (Å²) in [5.41, 5.74) is 0. The van der Waals surface area contributed by atoms with E-state index in [4.69, 9.17) is 0 Å². The monoisotopic (exact) mass is 268 g/mol. The number of hydrogen-bond acceptors (Lipinski definition) is 3. The smallest absolute Gasteiger partial charge is 0.0580 e. The summed E-state index contributed by atoms with van der Waals surface area (Å²) in [6.07, 6.45) is 11.3. The number of nitrogens with one attached hydrogen (secondary N) is 2. The van der Waals surface area contributed by atoms with Gasteiger partial charge in [0.15, 0.2) is 0 Å². The summed E-state index contributed by atoms with van der Waals surface area (Å²) >= 11 is 0. The first kappa shape index (κ1) is 15.3. The molecule has 19 heavy (non-hydrogen) atoms. The van der Waals surface area contributed by atoms with Crippen LogP contribution in [-0.2, 0) is 0 Å². The predicted octanol–water partition coefficient (Wildman–Crippen LogP) is 2.44. The summed E-state index contributed by atoms with van der Waals surface area (Å²) in [4.78, 5) is 0. The van der Waals surface area contributed by atoms with Crippen molar-refractivity contribution in [3.63, 3.8) is 0 Å². The molecule has 0 aromatic carbocycles. The molecule has 4 atom stereocenters. The van der Waals surface area contributed by atoms with Gasteiger partial charge in [0.25, 0.3) is 0 Å². The van der Waals surface area contributed by atoms with E-state index in [-0.39, 0.29) is 6.10 Å². The van der Waals surface area contributed by atoms with E-state index in [0.717, 1.165) is 13.0 Å². The topological polar surface area (TPSA) is 44.3 Å². The number of aliphatic hydroxyl groups is 1. The molecule has 112 valence electrons. The Hall–Kier alpha value is -0.120. The maximum absolute atomic E-state index is 9.99. The third-order valence-electron chi connectivity index (χ3n) is 4.90. The summed E-state index contributed by atoms with van der Waals surface area (Å²) in [6.45, 7) is 4.48. The van der Waals surface area contributed by atoms with Crippen LogP contribution < -0.4 is 10.6 Å². The van der Waals surface area contributed by atoms with Crippen molar-refractivity contribution in [3.05, 3.63) is 0 Å². The maximum Gasteiger partial charge on any atom is 0.0580 e. The van der Waals surface area contributed by atoms with Crippen LogP contribution in [0.2, 0.25) is 0 Å². The Balaban J connectivity index is 1.64. The SMILES string of the molecule is CC(CC1CCCCCN1)NCC1CCCCC1O. The summed E-state index contributed by atoms with van der Waals surface area (Å²) < 4.78 is 0. The van der Waals surface area contributed by atoms with E-state index < -0.39 is 0 Å². The molecule has 0 radical (unpaired) electrons. The van der Waals surface area contributed by atoms with Crippen molar-refractivity contribution >= 4 is 0 Å². The van der Waals surface area contributed by atoms with E-state index in [1.165, 1.54) is 57.9 Å². The fourth-order valence-electron chi connectivity index (χ4n) is 3.59. The van der Waals surface area contributed by atoms with Gasteiger partial charge in [0.1, 0.15) is 0 Å². The zero-order valence-corrected chi connectivity index (χ0v) is 12.5. The fourth-order valence-corrected chi connectivity index (χ4v) is 3.59. The van der Waals surface area contributed by atoms with E-state index in [9.17, 15) is 5.11 Å². The highest BCUT2D eigenvalue weighted by Crippen LogP contribution is 2.23. The third kappa shape index (κ3) is 5.41. The molecule has 2 aliphatic rings. The van der Waals surface area contributed by atoms with Crippen LogP contribution in [0, 0.1) is 5.92 Å². The van der Waals surface area contributed by atoms with Gasteiger partial charge in [0.05, 0.1) is 6.10 Å². The van der Waals surface area contributed by atoms with E-state index >= 15 is 0 Å². The van der Waals surface area contributed by atoms with E-state index in [1.807, 2.05) is 0 Å². The molecule has 4 unspecified atom stereocenters. The Labute approximate surface area is 118 Å². The molecule has 0 bridgehead atoms. The van der Waals surface area contributed by atoms with Gasteiger partial charge in [0, 0.05) is 18.6 Å².